The number of nitrogens with one attached hydrogen (secondary N) is 4. The summed E-state index contributed by atoms with van der Waals surface area (Å²) >= 11 is 0. The zero-order valence-corrected chi connectivity index (χ0v) is 15.5. The van der Waals surface area contributed by atoms with Gasteiger partial charge in [-0.1, -0.05) is 36.4 Å². The van der Waals surface area contributed by atoms with E-state index in [4.69, 9.17) is 0 Å². The Balaban J connectivity index is 1.17. The van der Waals surface area contributed by atoms with Crippen LogP contribution in [0.1, 0.15) is 5.56 Å². The normalized spacial score (nSPS) is 10.9. The molecule has 4 N–H and O–H groups in total. The topological polar surface area (TPSA) is 81.8 Å². The van der Waals surface area contributed by atoms with Crippen LogP contribution < -0.4 is 16.0 Å². The molecular formula is C22H23N5O. The standard InChI is InChI=1S/C22H23N5O/c28-22(24-12-11-17-15-26-20-8-4-2-6-18(17)20)25-14-13-23-21-10-9-16-5-1-3-7-19(16)27-21/h1-10,15,26H,11-14H2,(H,23,27)(H2,24,25,28). The van der Waals surface area contributed by atoms with Crippen molar-refractivity contribution in [1.29, 1.82) is 0 Å². The number of carbonyl (C=O) groups is 1. The largest absolute Gasteiger partial charge is 0.368 e. The van der Waals surface area contributed by atoms with Gasteiger partial charge in [0.25, 0.3) is 0 Å². The Bertz CT molecular complexity index is 1090. The number of H-pyrrole nitrogens is 1. The van der Waals surface area contributed by atoms with Crippen LogP contribution in [0, 0.1) is 0 Å². The van der Waals surface area contributed by atoms with E-state index in [1.807, 2.05) is 54.7 Å². The van der Waals surface area contributed by atoms with Crippen molar-refractivity contribution in [1.82, 2.24) is 20.6 Å². The number of para-hydroxylation sites is 2. The molecule has 0 unspecified atom stereocenters. The average molecular weight is 373 g/mol. The highest BCUT2D eigenvalue weighted by Gasteiger charge is 2.04. The Labute approximate surface area is 163 Å². The molecule has 28 heavy (non-hydrogen) atoms. The van der Waals surface area contributed by atoms with E-state index in [0.29, 0.717) is 19.6 Å². The lowest BCUT2D eigenvalue weighted by Gasteiger charge is -2.09. The summed E-state index contributed by atoms with van der Waals surface area (Å²) in [6.45, 7) is 1.72. The zero-order valence-electron chi connectivity index (χ0n) is 15.5. The van der Waals surface area contributed by atoms with E-state index >= 15 is 0 Å². The Morgan fingerprint density at radius 3 is 2.68 bits per heavy atom. The predicted octanol–water partition coefficient (Wildman–Crippen LogP) is 3.67. The number of fused-ring (bicyclic) bond motifs is 2. The van der Waals surface area contributed by atoms with Gasteiger partial charge in [-0.15, -0.1) is 0 Å². The molecule has 2 aromatic heterocycles. The molecule has 0 spiro atoms. The van der Waals surface area contributed by atoms with Crippen molar-refractivity contribution in [3.05, 3.63) is 72.4 Å². The third kappa shape index (κ3) is 4.23. The average Bonchev–Trinajstić information content (AvgIpc) is 3.14. The second-order valence-electron chi connectivity index (χ2n) is 6.61. The number of hydrogen-bond acceptors (Lipinski definition) is 3. The van der Waals surface area contributed by atoms with Gasteiger partial charge in [0, 0.05) is 42.1 Å². The van der Waals surface area contributed by atoms with Gasteiger partial charge in [0.1, 0.15) is 5.82 Å². The number of pyridine rings is 1. The SMILES string of the molecule is O=C(NCCNc1ccc2ccccc2n1)NCCc1c[nH]c2ccccc12. The molecule has 0 aliphatic rings. The van der Waals surface area contributed by atoms with Gasteiger partial charge in [0.05, 0.1) is 5.52 Å². The van der Waals surface area contributed by atoms with E-state index in [2.05, 4.69) is 38.1 Å². The third-order valence-corrected chi connectivity index (χ3v) is 4.67. The van der Waals surface area contributed by atoms with E-state index < -0.39 is 0 Å². The maximum absolute atomic E-state index is 11.9. The van der Waals surface area contributed by atoms with Crippen molar-refractivity contribution in [3.63, 3.8) is 0 Å². The number of benzene rings is 2. The van der Waals surface area contributed by atoms with E-state index in [-0.39, 0.29) is 6.03 Å². The van der Waals surface area contributed by atoms with Crippen molar-refractivity contribution in [2.24, 2.45) is 0 Å². The first-order valence-electron chi connectivity index (χ1n) is 9.46. The number of carbonyl (C=O) groups excluding carboxylic acids is 1. The molecule has 6 nitrogen and oxygen atoms in total. The van der Waals surface area contributed by atoms with Crippen LogP contribution in [0.5, 0.6) is 0 Å². The highest BCUT2D eigenvalue weighted by molar-refractivity contribution is 5.83. The van der Waals surface area contributed by atoms with Gasteiger partial charge in [0.2, 0.25) is 0 Å². The number of amides is 2. The van der Waals surface area contributed by atoms with Gasteiger partial charge in [-0.3, -0.25) is 0 Å². The molecule has 0 atom stereocenters. The number of nitrogens with zero attached hydrogens (tertiary/aromatic N) is 1. The molecule has 0 saturated carbocycles. The molecule has 0 fully saturated rings. The molecule has 0 saturated heterocycles. The Morgan fingerprint density at radius 2 is 1.71 bits per heavy atom. The second kappa shape index (κ2) is 8.43. The van der Waals surface area contributed by atoms with E-state index in [1.165, 1.54) is 10.9 Å². The van der Waals surface area contributed by atoms with Crippen molar-refractivity contribution < 1.29 is 4.79 Å². The molecule has 4 rings (SSSR count). The smallest absolute Gasteiger partial charge is 0.314 e. The Kier molecular flexibility index (Phi) is 5.38. The highest BCUT2D eigenvalue weighted by Crippen LogP contribution is 2.17. The fourth-order valence-corrected chi connectivity index (χ4v) is 3.24. The number of hydrogen-bond donors (Lipinski definition) is 4. The zero-order chi connectivity index (χ0) is 19.2. The number of rotatable bonds is 7. The summed E-state index contributed by atoms with van der Waals surface area (Å²) in [5, 5.41) is 11.3. The summed E-state index contributed by atoms with van der Waals surface area (Å²) in [7, 11) is 0. The molecule has 6 heteroatoms. The molecule has 142 valence electrons. The minimum absolute atomic E-state index is 0.159. The van der Waals surface area contributed by atoms with Crippen molar-refractivity contribution in [2.75, 3.05) is 25.0 Å². The van der Waals surface area contributed by atoms with Gasteiger partial charge >= 0.3 is 6.03 Å². The van der Waals surface area contributed by atoms with Crippen LogP contribution in [0.3, 0.4) is 0 Å². The van der Waals surface area contributed by atoms with E-state index in [9.17, 15) is 4.79 Å². The predicted molar refractivity (Wildman–Crippen MR) is 114 cm³/mol. The van der Waals surface area contributed by atoms with Crippen molar-refractivity contribution in [3.8, 4) is 0 Å². The molecule has 4 aromatic rings. The second-order valence-corrected chi connectivity index (χ2v) is 6.61. The van der Waals surface area contributed by atoms with E-state index in [0.717, 1.165) is 28.7 Å². The molecule has 0 radical (unpaired) electrons. The quantitative estimate of drug-likeness (QED) is 0.373. The van der Waals surface area contributed by atoms with Crippen LogP contribution in [-0.2, 0) is 6.42 Å². The van der Waals surface area contributed by atoms with Gasteiger partial charge in [0.15, 0.2) is 0 Å². The fourth-order valence-electron chi connectivity index (χ4n) is 3.24. The van der Waals surface area contributed by atoms with Crippen molar-refractivity contribution in [2.45, 2.75) is 6.42 Å². The monoisotopic (exact) mass is 373 g/mol. The fraction of sp³-hybridized carbons (Fsp3) is 0.182. The molecule has 2 aromatic carbocycles. The molecular weight excluding hydrogens is 350 g/mol. The first-order valence-corrected chi connectivity index (χ1v) is 9.46. The summed E-state index contributed by atoms with van der Waals surface area (Å²) in [6, 6.07) is 20.0. The molecule has 0 bridgehead atoms. The molecule has 0 aliphatic heterocycles. The molecule has 0 aliphatic carbocycles. The highest BCUT2D eigenvalue weighted by atomic mass is 16.2. The Hall–Kier alpha value is -3.54. The van der Waals surface area contributed by atoms with Gasteiger partial charge in [-0.25, -0.2) is 9.78 Å². The molecule has 2 heterocycles. The van der Waals surface area contributed by atoms with Gasteiger partial charge < -0.3 is 20.9 Å². The summed E-state index contributed by atoms with van der Waals surface area (Å²) < 4.78 is 0. The number of aromatic nitrogens is 2. The van der Waals surface area contributed by atoms with Crippen LogP contribution >= 0.6 is 0 Å². The number of aromatic amines is 1. The van der Waals surface area contributed by atoms with Crippen LogP contribution in [0.4, 0.5) is 10.6 Å². The lowest BCUT2D eigenvalue weighted by Crippen LogP contribution is -2.38. The van der Waals surface area contributed by atoms with Crippen LogP contribution in [0.15, 0.2) is 66.9 Å². The molecule has 2 amide bonds. The lowest BCUT2D eigenvalue weighted by atomic mass is 10.1. The number of anilines is 1. The summed E-state index contributed by atoms with van der Waals surface area (Å²) in [6.07, 6.45) is 2.79. The maximum Gasteiger partial charge on any atom is 0.314 e. The van der Waals surface area contributed by atoms with Crippen molar-refractivity contribution >= 4 is 33.7 Å². The maximum atomic E-state index is 11.9. The minimum atomic E-state index is -0.159. The summed E-state index contributed by atoms with van der Waals surface area (Å²) in [4.78, 5) is 19.8. The summed E-state index contributed by atoms with van der Waals surface area (Å²) in [5.41, 5.74) is 3.28. The van der Waals surface area contributed by atoms with Crippen LogP contribution in [-0.4, -0.2) is 35.6 Å². The first-order chi connectivity index (χ1) is 13.8. The Morgan fingerprint density at radius 1 is 0.893 bits per heavy atom. The van der Waals surface area contributed by atoms with Gasteiger partial charge in [-0.2, -0.15) is 0 Å². The first kappa shape index (κ1) is 17.9. The minimum Gasteiger partial charge on any atom is -0.368 e. The lowest BCUT2D eigenvalue weighted by molar-refractivity contribution is 0.241. The van der Waals surface area contributed by atoms with Crippen LogP contribution in [0.2, 0.25) is 0 Å². The third-order valence-electron chi connectivity index (χ3n) is 4.67. The summed E-state index contributed by atoms with van der Waals surface area (Å²) in [5.74, 6) is 0.806. The van der Waals surface area contributed by atoms with Crippen LogP contribution in [0.25, 0.3) is 21.8 Å². The van der Waals surface area contributed by atoms with E-state index in [1.54, 1.807) is 0 Å². The number of urea groups is 1. The van der Waals surface area contributed by atoms with Gasteiger partial charge in [-0.05, 0) is 36.2 Å².